The first kappa shape index (κ1) is 28.6. The molecule has 0 spiro atoms. The molecule has 202 valence electrons. The normalized spacial score (nSPS) is 15.3. The van der Waals surface area contributed by atoms with Crippen LogP contribution in [0.5, 0.6) is 0 Å². The lowest BCUT2D eigenvalue weighted by Crippen LogP contribution is -2.44. The molecule has 0 unspecified atom stereocenters. The van der Waals surface area contributed by atoms with Crippen molar-refractivity contribution in [3.05, 3.63) is 71.3 Å². The lowest BCUT2D eigenvalue weighted by atomic mass is 9.79. The van der Waals surface area contributed by atoms with Crippen LogP contribution in [0.2, 0.25) is 0 Å². The van der Waals surface area contributed by atoms with Gasteiger partial charge in [0, 0.05) is 19.0 Å². The van der Waals surface area contributed by atoms with Gasteiger partial charge in [0.25, 0.3) is 0 Å². The van der Waals surface area contributed by atoms with E-state index in [9.17, 15) is 18.4 Å². The number of ether oxygens (including phenoxy) is 1. The highest BCUT2D eigenvalue weighted by Gasteiger charge is 2.30. The Morgan fingerprint density at radius 2 is 1.43 bits per heavy atom. The van der Waals surface area contributed by atoms with Gasteiger partial charge >= 0.3 is 6.09 Å². The summed E-state index contributed by atoms with van der Waals surface area (Å²) in [4.78, 5) is 25.4. The number of carbonyl (C=O) groups excluding carboxylic acids is 2. The lowest BCUT2D eigenvalue weighted by molar-refractivity contribution is -0.126. The Morgan fingerprint density at radius 3 is 1.95 bits per heavy atom. The topological polar surface area (TPSA) is 67.4 Å². The van der Waals surface area contributed by atoms with Crippen molar-refractivity contribution in [1.82, 2.24) is 10.6 Å². The summed E-state index contributed by atoms with van der Waals surface area (Å²) < 4.78 is 32.3. The predicted molar refractivity (Wildman–Crippen MR) is 141 cm³/mol. The molecule has 1 saturated carbocycles. The second-order valence-corrected chi connectivity index (χ2v) is 11.0. The summed E-state index contributed by atoms with van der Waals surface area (Å²) in [5.41, 5.74) is 1.29. The van der Waals surface area contributed by atoms with Gasteiger partial charge in [0.15, 0.2) is 0 Å². The van der Waals surface area contributed by atoms with Crippen molar-refractivity contribution < 1.29 is 23.1 Å². The number of hydrogen-bond acceptors (Lipinski definition) is 3. The first-order valence-electron chi connectivity index (χ1n) is 13.4. The van der Waals surface area contributed by atoms with E-state index in [1.807, 2.05) is 20.8 Å². The minimum absolute atomic E-state index is 0.0407. The van der Waals surface area contributed by atoms with E-state index in [0.29, 0.717) is 19.4 Å². The predicted octanol–water partition coefficient (Wildman–Crippen LogP) is 6.71. The Bertz CT molecular complexity index is 951. The monoisotopic (exact) mass is 514 g/mol. The zero-order valence-corrected chi connectivity index (χ0v) is 22.2. The number of nitrogens with one attached hydrogen (secondary N) is 2. The van der Waals surface area contributed by atoms with Crippen LogP contribution < -0.4 is 10.6 Å². The first-order chi connectivity index (χ1) is 17.6. The van der Waals surface area contributed by atoms with E-state index in [4.69, 9.17) is 4.74 Å². The van der Waals surface area contributed by atoms with Gasteiger partial charge in [-0.3, -0.25) is 4.79 Å². The van der Waals surface area contributed by atoms with Gasteiger partial charge in [-0.1, -0.05) is 43.5 Å². The maximum atomic E-state index is 13.5. The molecule has 2 aromatic rings. The molecule has 1 atom stereocenters. The second-order valence-electron chi connectivity index (χ2n) is 11.0. The molecule has 1 fully saturated rings. The fraction of sp³-hybridized carbons (Fsp3) is 0.533. The number of halogens is 2. The van der Waals surface area contributed by atoms with Crippen molar-refractivity contribution in [2.24, 2.45) is 11.8 Å². The molecule has 7 heteroatoms. The Balaban J connectivity index is 1.59. The molecule has 0 aromatic heterocycles. The van der Waals surface area contributed by atoms with Gasteiger partial charge in [0.2, 0.25) is 5.91 Å². The molecule has 2 N–H and O–H groups in total. The van der Waals surface area contributed by atoms with E-state index in [0.717, 1.165) is 36.8 Å². The van der Waals surface area contributed by atoms with E-state index >= 15 is 0 Å². The van der Waals surface area contributed by atoms with E-state index < -0.39 is 11.7 Å². The van der Waals surface area contributed by atoms with Gasteiger partial charge in [-0.15, -0.1) is 0 Å². The number of carbonyl (C=O) groups is 2. The van der Waals surface area contributed by atoms with Crippen molar-refractivity contribution in [1.29, 1.82) is 0 Å². The lowest BCUT2D eigenvalue weighted by Gasteiger charge is -2.30. The molecule has 0 heterocycles. The largest absolute Gasteiger partial charge is 0.444 e. The fourth-order valence-corrected chi connectivity index (χ4v) is 5.08. The van der Waals surface area contributed by atoms with Crippen LogP contribution >= 0.6 is 0 Å². The quantitative estimate of drug-likeness (QED) is 0.346. The number of rotatable bonds is 10. The highest BCUT2D eigenvalue weighted by molar-refractivity contribution is 5.80. The van der Waals surface area contributed by atoms with Crippen molar-refractivity contribution >= 4 is 12.0 Å². The van der Waals surface area contributed by atoms with Crippen LogP contribution in [0.25, 0.3) is 0 Å². The van der Waals surface area contributed by atoms with Gasteiger partial charge in [-0.2, -0.15) is 0 Å². The van der Waals surface area contributed by atoms with Crippen molar-refractivity contribution in [3.8, 4) is 0 Å². The average molecular weight is 515 g/mol. The molecule has 1 aliphatic carbocycles. The molecule has 5 nitrogen and oxygen atoms in total. The van der Waals surface area contributed by atoms with Gasteiger partial charge < -0.3 is 15.4 Å². The third-order valence-electron chi connectivity index (χ3n) is 6.93. The molecule has 0 radical (unpaired) electrons. The van der Waals surface area contributed by atoms with Crippen molar-refractivity contribution in [2.75, 3.05) is 13.1 Å². The summed E-state index contributed by atoms with van der Waals surface area (Å²) in [7, 11) is 0. The molecular weight excluding hydrogens is 474 g/mol. The Morgan fingerprint density at radius 1 is 0.892 bits per heavy atom. The van der Waals surface area contributed by atoms with E-state index in [-0.39, 0.29) is 41.8 Å². The third-order valence-corrected chi connectivity index (χ3v) is 6.93. The molecule has 2 amide bonds. The molecule has 0 bridgehead atoms. The smallest absolute Gasteiger partial charge is 0.407 e. The van der Waals surface area contributed by atoms with E-state index in [1.165, 1.54) is 30.7 Å². The van der Waals surface area contributed by atoms with Gasteiger partial charge in [0.05, 0.1) is 5.92 Å². The molecule has 2 aromatic carbocycles. The maximum absolute atomic E-state index is 13.5. The Kier molecular flexibility index (Phi) is 10.5. The highest BCUT2D eigenvalue weighted by Crippen LogP contribution is 2.31. The van der Waals surface area contributed by atoms with Crippen LogP contribution in [-0.2, 0) is 9.53 Å². The van der Waals surface area contributed by atoms with Crippen LogP contribution in [0.3, 0.4) is 0 Å². The minimum Gasteiger partial charge on any atom is -0.444 e. The van der Waals surface area contributed by atoms with Gasteiger partial charge in [0.1, 0.15) is 17.2 Å². The molecule has 37 heavy (non-hydrogen) atoms. The summed E-state index contributed by atoms with van der Waals surface area (Å²) in [6, 6.07) is 12.7. The molecule has 3 rings (SSSR count). The summed E-state index contributed by atoms with van der Waals surface area (Å²) in [6.45, 7) is 6.15. The average Bonchev–Trinajstić information content (AvgIpc) is 2.85. The number of hydrogen-bond donors (Lipinski definition) is 2. The Hall–Kier alpha value is -2.96. The van der Waals surface area contributed by atoms with Crippen LogP contribution in [0, 0.1) is 23.5 Å². The summed E-state index contributed by atoms with van der Waals surface area (Å²) in [5, 5.41) is 5.87. The first-order valence-corrected chi connectivity index (χ1v) is 13.4. The van der Waals surface area contributed by atoms with Crippen molar-refractivity contribution in [2.45, 2.75) is 77.2 Å². The molecule has 1 aliphatic rings. The highest BCUT2D eigenvalue weighted by atomic mass is 19.1. The standard InChI is InChI=1S/C30H40F2N2O3/c1-30(2,3)37-29(36)34-20-27(21-8-5-4-6-9-21)28(35)33-19-7-10-26(22-11-15-24(31)16-12-22)23-13-17-25(32)18-14-23/h11-18,21,26-27H,4-10,19-20H2,1-3H3,(H,33,35)(H,34,36)/t27-/m0/s1. The Labute approximate surface area is 219 Å². The maximum Gasteiger partial charge on any atom is 0.407 e. The van der Waals surface area contributed by atoms with Crippen LogP contribution in [0.4, 0.5) is 13.6 Å². The molecule has 0 aliphatic heterocycles. The van der Waals surface area contributed by atoms with Crippen LogP contribution in [-0.4, -0.2) is 30.7 Å². The number of alkyl carbamates (subject to hydrolysis) is 1. The van der Waals surface area contributed by atoms with Crippen LogP contribution in [0.1, 0.15) is 82.8 Å². The third kappa shape index (κ3) is 9.45. The number of benzene rings is 2. The van der Waals surface area contributed by atoms with E-state index in [2.05, 4.69) is 10.6 Å². The molecule has 0 saturated heterocycles. The fourth-order valence-electron chi connectivity index (χ4n) is 5.08. The number of amides is 2. The minimum atomic E-state index is -0.599. The van der Waals surface area contributed by atoms with Crippen molar-refractivity contribution in [3.63, 3.8) is 0 Å². The van der Waals surface area contributed by atoms with Gasteiger partial charge in [-0.05, 0) is 87.8 Å². The second kappa shape index (κ2) is 13.5. The summed E-state index contributed by atoms with van der Waals surface area (Å²) in [6.07, 6.45) is 6.22. The zero-order chi connectivity index (χ0) is 26.8. The van der Waals surface area contributed by atoms with Gasteiger partial charge in [-0.25, -0.2) is 13.6 Å². The SMILES string of the molecule is CC(C)(C)OC(=O)NC[C@H](C(=O)NCCCC(c1ccc(F)cc1)c1ccc(F)cc1)C1CCCCC1. The zero-order valence-electron chi connectivity index (χ0n) is 22.2. The molecular formula is C30H40F2N2O3. The van der Waals surface area contributed by atoms with Crippen LogP contribution in [0.15, 0.2) is 48.5 Å². The summed E-state index contributed by atoms with van der Waals surface area (Å²) in [5.74, 6) is -0.776. The van der Waals surface area contributed by atoms with E-state index in [1.54, 1.807) is 24.3 Å². The summed E-state index contributed by atoms with van der Waals surface area (Å²) >= 11 is 0.